The van der Waals surface area contributed by atoms with Crippen molar-refractivity contribution in [3.8, 4) is 6.01 Å². The molecule has 0 aliphatic carbocycles. The summed E-state index contributed by atoms with van der Waals surface area (Å²) in [6.45, 7) is 11.1. The van der Waals surface area contributed by atoms with Crippen LogP contribution in [0.5, 0.6) is 6.01 Å². The van der Waals surface area contributed by atoms with Gasteiger partial charge in [0.25, 0.3) is 0 Å². The van der Waals surface area contributed by atoms with Gasteiger partial charge in [-0.1, -0.05) is 0 Å². The zero-order chi connectivity index (χ0) is 24.5. The van der Waals surface area contributed by atoms with E-state index in [-0.39, 0.29) is 35.7 Å². The van der Waals surface area contributed by atoms with Crippen LogP contribution in [0.3, 0.4) is 0 Å². The fourth-order valence-electron chi connectivity index (χ4n) is 4.92. The molecule has 0 radical (unpaired) electrons. The zero-order valence-electron chi connectivity index (χ0n) is 20.2. The van der Waals surface area contributed by atoms with Crippen LogP contribution in [-0.4, -0.2) is 70.0 Å². The number of halogens is 2. The molecular formula is C24H30F2N4O4. The second-order valence-corrected chi connectivity index (χ2v) is 11.1. The van der Waals surface area contributed by atoms with Crippen molar-refractivity contribution < 1.29 is 27.8 Å². The van der Waals surface area contributed by atoms with E-state index in [9.17, 15) is 13.6 Å². The lowest BCUT2D eigenvalue weighted by atomic mass is 9.97. The number of epoxide rings is 1. The van der Waals surface area contributed by atoms with E-state index < -0.39 is 28.4 Å². The van der Waals surface area contributed by atoms with Crippen molar-refractivity contribution in [1.29, 1.82) is 0 Å². The number of carbonyl (C=O) groups excluding carboxylic acids is 1. The fraction of sp³-hybridized carbons (Fsp3) is 0.625. The molecule has 3 aliphatic rings. The van der Waals surface area contributed by atoms with Gasteiger partial charge in [0, 0.05) is 24.5 Å². The predicted molar refractivity (Wildman–Crippen MR) is 121 cm³/mol. The van der Waals surface area contributed by atoms with E-state index in [1.807, 2.05) is 44.4 Å². The molecule has 4 heterocycles. The largest absolute Gasteiger partial charge is 0.460 e. The van der Waals surface area contributed by atoms with Crippen LogP contribution < -0.4 is 9.64 Å². The number of benzene rings is 1. The standard InChI is InChI=1S/C24H30F2N4O4/c1-22(2,3)34-21(31)30-15-6-7-23(30,4)11-29(10-15)19-16-8-14(25)9-17(26)18(16)27-20(28-19)32-12-24(5)13-33-24/h8-9,15H,6-7,10-13H2,1-5H3/t15-,23+,24?/m0/s1. The lowest BCUT2D eigenvalue weighted by Gasteiger charge is -2.47. The number of aromatic nitrogens is 2. The van der Waals surface area contributed by atoms with Crippen molar-refractivity contribution >= 4 is 22.8 Å². The van der Waals surface area contributed by atoms with E-state index >= 15 is 0 Å². The Hall–Kier alpha value is -2.75. The van der Waals surface area contributed by atoms with Gasteiger partial charge in [0.05, 0.1) is 18.2 Å². The normalized spacial score (nSPS) is 28.4. The molecule has 1 unspecified atom stereocenters. The number of anilines is 1. The van der Waals surface area contributed by atoms with E-state index in [0.29, 0.717) is 25.5 Å². The van der Waals surface area contributed by atoms with Gasteiger partial charge in [0.2, 0.25) is 0 Å². The molecule has 1 amide bonds. The highest BCUT2D eigenvalue weighted by Gasteiger charge is 2.52. The minimum Gasteiger partial charge on any atom is -0.460 e. The Morgan fingerprint density at radius 1 is 1.26 bits per heavy atom. The van der Waals surface area contributed by atoms with Crippen LogP contribution >= 0.6 is 0 Å². The molecule has 3 aliphatic heterocycles. The molecule has 3 saturated heterocycles. The minimum absolute atomic E-state index is 0.00431. The van der Waals surface area contributed by atoms with Crippen LogP contribution in [-0.2, 0) is 9.47 Å². The third kappa shape index (κ3) is 4.23. The second-order valence-electron chi connectivity index (χ2n) is 11.1. The van der Waals surface area contributed by atoms with Crippen LogP contribution in [0.4, 0.5) is 19.4 Å². The van der Waals surface area contributed by atoms with Gasteiger partial charge in [-0.2, -0.15) is 9.97 Å². The highest BCUT2D eigenvalue weighted by Crippen LogP contribution is 2.42. The monoisotopic (exact) mass is 476 g/mol. The summed E-state index contributed by atoms with van der Waals surface area (Å²) in [5.74, 6) is -1.09. The van der Waals surface area contributed by atoms with Crippen molar-refractivity contribution in [3.05, 3.63) is 23.8 Å². The molecule has 3 atom stereocenters. The Bertz CT molecular complexity index is 1150. The Morgan fingerprint density at radius 3 is 2.65 bits per heavy atom. The molecule has 0 saturated carbocycles. The summed E-state index contributed by atoms with van der Waals surface area (Å²) in [7, 11) is 0. The first-order valence-corrected chi connectivity index (χ1v) is 11.6. The first kappa shape index (κ1) is 23.0. The first-order chi connectivity index (χ1) is 15.9. The van der Waals surface area contributed by atoms with Gasteiger partial charge in [-0.25, -0.2) is 13.6 Å². The van der Waals surface area contributed by atoms with E-state index in [4.69, 9.17) is 14.2 Å². The zero-order valence-corrected chi connectivity index (χ0v) is 20.2. The van der Waals surface area contributed by atoms with Crippen LogP contribution in [0, 0.1) is 11.6 Å². The van der Waals surface area contributed by atoms with Crippen molar-refractivity contribution in [2.24, 2.45) is 0 Å². The quantitative estimate of drug-likeness (QED) is 0.616. The number of hydrogen-bond acceptors (Lipinski definition) is 7. The van der Waals surface area contributed by atoms with Crippen molar-refractivity contribution in [2.45, 2.75) is 70.2 Å². The molecule has 10 heteroatoms. The molecule has 5 rings (SSSR count). The maximum absolute atomic E-state index is 14.7. The van der Waals surface area contributed by atoms with E-state index in [1.54, 1.807) is 0 Å². The molecule has 34 heavy (non-hydrogen) atoms. The van der Waals surface area contributed by atoms with Crippen molar-refractivity contribution in [1.82, 2.24) is 14.9 Å². The Morgan fingerprint density at radius 2 is 2.00 bits per heavy atom. The van der Waals surface area contributed by atoms with Gasteiger partial charge in [-0.3, -0.25) is 4.90 Å². The predicted octanol–water partition coefficient (Wildman–Crippen LogP) is 4.05. The third-order valence-corrected chi connectivity index (χ3v) is 6.64. The van der Waals surface area contributed by atoms with Gasteiger partial charge in [-0.05, 0) is 53.5 Å². The average molecular weight is 477 g/mol. The van der Waals surface area contributed by atoms with E-state index in [0.717, 1.165) is 18.9 Å². The number of nitrogens with zero attached hydrogens (tertiary/aromatic N) is 4. The summed E-state index contributed by atoms with van der Waals surface area (Å²) in [5.41, 5.74) is -1.51. The molecule has 2 bridgehead atoms. The van der Waals surface area contributed by atoms with Gasteiger partial charge in [-0.15, -0.1) is 0 Å². The molecule has 8 nitrogen and oxygen atoms in total. The SMILES string of the molecule is CC(C)(C)OC(=O)N1[C@H]2CC[C@]1(C)CN(c1nc(OCC3(C)CO3)nc3c(F)cc(F)cc13)C2. The van der Waals surface area contributed by atoms with E-state index in [2.05, 4.69) is 9.97 Å². The maximum atomic E-state index is 14.7. The third-order valence-electron chi connectivity index (χ3n) is 6.64. The number of hydrogen-bond donors (Lipinski definition) is 0. The summed E-state index contributed by atoms with van der Waals surface area (Å²) >= 11 is 0. The second kappa shape index (κ2) is 7.63. The number of amides is 1. The van der Waals surface area contributed by atoms with Crippen LogP contribution in [0.15, 0.2) is 12.1 Å². The highest BCUT2D eigenvalue weighted by molar-refractivity contribution is 5.90. The number of rotatable bonds is 4. The van der Waals surface area contributed by atoms with Crippen LogP contribution in [0.1, 0.15) is 47.5 Å². The molecule has 1 aromatic heterocycles. The number of piperazine rings is 1. The van der Waals surface area contributed by atoms with Gasteiger partial charge in [0.1, 0.15) is 35.0 Å². The first-order valence-electron chi connectivity index (χ1n) is 11.6. The lowest BCUT2D eigenvalue weighted by molar-refractivity contribution is -0.00280. The van der Waals surface area contributed by atoms with Gasteiger partial charge < -0.3 is 19.1 Å². The molecular weight excluding hydrogens is 446 g/mol. The Labute approximate surface area is 197 Å². The molecule has 3 fully saturated rings. The summed E-state index contributed by atoms with van der Waals surface area (Å²) in [6, 6.07) is 1.95. The number of ether oxygens (including phenoxy) is 3. The van der Waals surface area contributed by atoms with Crippen molar-refractivity contribution in [2.75, 3.05) is 31.2 Å². The van der Waals surface area contributed by atoms with Crippen molar-refractivity contribution in [3.63, 3.8) is 0 Å². The summed E-state index contributed by atoms with van der Waals surface area (Å²) < 4.78 is 45.7. The van der Waals surface area contributed by atoms with Gasteiger partial charge in [0.15, 0.2) is 5.82 Å². The molecule has 0 spiro atoms. The Balaban J connectivity index is 1.50. The van der Waals surface area contributed by atoms with Gasteiger partial charge >= 0.3 is 12.1 Å². The fourth-order valence-corrected chi connectivity index (χ4v) is 4.92. The molecule has 0 N–H and O–H groups in total. The maximum Gasteiger partial charge on any atom is 0.411 e. The number of fused-ring (bicyclic) bond motifs is 3. The number of carbonyl (C=O) groups is 1. The molecule has 1 aromatic carbocycles. The summed E-state index contributed by atoms with van der Waals surface area (Å²) in [6.07, 6.45) is 1.25. The highest BCUT2D eigenvalue weighted by atomic mass is 19.1. The molecule has 184 valence electrons. The Kier molecular flexibility index (Phi) is 5.16. The summed E-state index contributed by atoms with van der Waals surface area (Å²) in [4.78, 5) is 25.6. The lowest BCUT2D eigenvalue weighted by Crippen LogP contribution is -2.63. The van der Waals surface area contributed by atoms with E-state index in [1.165, 1.54) is 6.07 Å². The summed E-state index contributed by atoms with van der Waals surface area (Å²) in [5, 5.41) is 0.271. The minimum atomic E-state index is -0.779. The van der Waals surface area contributed by atoms with Crippen LogP contribution in [0.2, 0.25) is 0 Å². The van der Waals surface area contributed by atoms with Crippen LogP contribution in [0.25, 0.3) is 10.9 Å². The topological polar surface area (TPSA) is 80.3 Å². The average Bonchev–Trinajstić information content (AvgIpc) is 3.41. The molecule has 2 aromatic rings. The smallest absolute Gasteiger partial charge is 0.411 e.